The molecule has 0 bridgehead atoms. The van der Waals surface area contributed by atoms with Crippen molar-refractivity contribution in [3.63, 3.8) is 0 Å². The molecule has 0 unspecified atom stereocenters. The Bertz CT molecular complexity index is 814. The standard InChI is InChI=1S/C14H15N5O2S/c1-19(22(2,20)21)14-11(5-4-8-16-14)10-17-13-7-3-6-12(9-15)18-13/h3-8H,10H2,1-2H3,(H,17,18). The molecule has 0 aliphatic carbocycles. The average molecular weight is 317 g/mol. The average Bonchev–Trinajstić information content (AvgIpc) is 2.52. The van der Waals surface area contributed by atoms with Gasteiger partial charge in [-0.25, -0.2) is 18.4 Å². The zero-order valence-electron chi connectivity index (χ0n) is 12.2. The van der Waals surface area contributed by atoms with Gasteiger partial charge in [-0.05, 0) is 18.2 Å². The molecule has 7 nitrogen and oxygen atoms in total. The molecule has 0 amide bonds. The van der Waals surface area contributed by atoms with Crippen LogP contribution in [0.1, 0.15) is 11.3 Å². The smallest absolute Gasteiger partial charge is 0.233 e. The lowest BCUT2D eigenvalue weighted by atomic mass is 10.2. The highest BCUT2D eigenvalue weighted by molar-refractivity contribution is 7.92. The molecule has 2 heterocycles. The van der Waals surface area contributed by atoms with Crippen molar-refractivity contribution in [3.8, 4) is 6.07 Å². The second-order valence-electron chi connectivity index (χ2n) is 4.59. The number of anilines is 2. The Balaban J connectivity index is 2.22. The fraction of sp³-hybridized carbons (Fsp3) is 0.214. The van der Waals surface area contributed by atoms with Crippen molar-refractivity contribution in [2.45, 2.75) is 6.54 Å². The van der Waals surface area contributed by atoms with Crippen LogP contribution in [-0.2, 0) is 16.6 Å². The molecule has 22 heavy (non-hydrogen) atoms. The van der Waals surface area contributed by atoms with Gasteiger partial charge in [0.1, 0.15) is 23.4 Å². The van der Waals surface area contributed by atoms with Crippen molar-refractivity contribution in [2.75, 3.05) is 22.9 Å². The number of nitriles is 1. The molecular weight excluding hydrogens is 302 g/mol. The van der Waals surface area contributed by atoms with E-state index in [1.165, 1.54) is 13.2 Å². The van der Waals surface area contributed by atoms with Crippen molar-refractivity contribution in [2.24, 2.45) is 0 Å². The normalized spacial score (nSPS) is 10.8. The molecule has 1 N–H and O–H groups in total. The minimum absolute atomic E-state index is 0.310. The Morgan fingerprint density at radius 1 is 1.32 bits per heavy atom. The first-order valence-electron chi connectivity index (χ1n) is 6.40. The number of hydrogen-bond acceptors (Lipinski definition) is 6. The Labute approximate surface area is 129 Å². The molecule has 2 aromatic rings. The van der Waals surface area contributed by atoms with Crippen LogP contribution in [0, 0.1) is 11.3 Å². The Morgan fingerprint density at radius 3 is 2.77 bits per heavy atom. The van der Waals surface area contributed by atoms with Gasteiger partial charge in [-0.3, -0.25) is 4.31 Å². The van der Waals surface area contributed by atoms with Crippen LogP contribution < -0.4 is 9.62 Å². The SMILES string of the molecule is CN(c1ncccc1CNc1cccc(C#N)n1)S(C)(=O)=O. The van der Waals surface area contributed by atoms with E-state index in [9.17, 15) is 8.42 Å². The molecule has 8 heteroatoms. The van der Waals surface area contributed by atoms with Crippen molar-refractivity contribution < 1.29 is 8.42 Å². The minimum atomic E-state index is -3.39. The van der Waals surface area contributed by atoms with E-state index < -0.39 is 10.0 Å². The summed E-state index contributed by atoms with van der Waals surface area (Å²) >= 11 is 0. The Kier molecular flexibility index (Phi) is 4.58. The maximum absolute atomic E-state index is 11.7. The van der Waals surface area contributed by atoms with Gasteiger partial charge in [0.25, 0.3) is 0 Å². The first-order valence-corrected chi connectivity index (χ1v) is 8.25. The van der Waals surface area contributed by atoms with E-state index in [-0.39, 0.29) is 0 Å². The summed E-state index contributed by atoms with van der Waals surface area (Å²) in [4.78, 5) is 8.23. The van der Waals surface area contributed by atoms with Crippen molar-refractivity contribution in [1.29, 1.82) is 5.26 Å². The first-order chi connectivity index (χ1) is 10.4. The maximum atomic E-state index is 11.7. The molecule has 0 radical (unpaired) electrons. The van der Waals surface area contributed by atoms with Crippen LogP contribution in [-0.4, -0.2) is 31.7 Å². The van der Waals surface area contributed by atoms with Crippen LogP contribution in [0.4, 0.5) is 11.6 Å². The third-order valence-corrected chi connectivity index (χ3v) is 4.15. The van der Waals surface area contributed by atoms with Crippen LogP contribution in [0.2, 0.25) is 0 Å². The molecule has 2 aromatic heterocycles. The highest BCUT2D eigenvalue weighted by Crippen LogP contribution is 2.19. The summed E-state index contributed by atoms with van der Waals surface area (Å²) in [6, 6.07) is 10.5. The molecule has 0 spiro atoms. The van der Waals surface area contributed by atoms with Gasteiger partial charge in [-0.2, -0.15) is 5.26 Å². The number of rotatable bonds is 5. The molecule has 2 rings (SSSR count). The highest BCUT2D eigenvalue weighted by Gasteiger charge is 2.16. The van der Waals surface area contributed by atoms with Gasteiger partial charge in [0, 0.05) is 25.4 Å². The van der Waals surface area contributed by atoms with Gasteiger partial charge in [0.2, 0.25) is 10.0 Å². The molecule has 0 aliphatic heterocycles. The van der Waals surface area contributed by atoms with E-state index in [4.69, 9.17) is 5.26 Å². The van der Waals surface area contributed by atoms with Crippen LogP contribution in [0.15, 0.2) is 36.5 Å². The van der Waals surface area contributed by atoms with Crippen LogP contribution in [0.25, 0.3) is 0 Å². The fourth-order valence-electron chi connectivity index (χ4n) is 1.79. The second kappa shape index (κ2) is 6.41. The lowest BCUT2D eigenvalue weighted by molar-refractivity contribution is 0.599. The van der Waals surface area contributed by atoms with E-state index in [2.05, 4.69) is 15.3 Å². The summed E-state index contributed by atoms with van der Waals surface area (Å²) in [6.07, 6.45) is 2.66. The number of nitrogens with zero attached hydrogens (tertiary/aromatic N) is 4. The van der Waals surface area contributed by atoms with Gasteiger partial charge in [0.05, 0.1) is 6.26 Å². The number of nitrogens with one attached hydrogen (secondary N) is 1. The van der Waals surface area contributed by atoms with E-state index in [0.29, 0.717) is 29.4 Å². The third-order valence-electron chi connectivity index (χ3n) is 2.99. The summed E-state index contributed by atoms with van der Waals surface area (Å²) in [7, 11) is -1.93. The first kappa shape index (κ1) is 15.7. The molecule has 0 aliphatic rings. The maximum Gasteiger partial charge on any atom is 0.233 e. The summed E-state index contributed by atoms with van der Waals surface area (Å²) in [5.41, 5.74) is 1.02. The van der Waals surface area contributed by atoms with Crippen molar-refractivity contribution in [1.82, 2.24) is 9.97 Å². The van der Waals surface area contributed by atoms with Crippen molar-refractivity contribution in [3.05, 3.63) is 47.8 Å². The molecular formula is C14H15N5O2S. The number of pyridine rings is 2. The van der Waals surface area contributed by atoms with Crippen molar-refractivity contribution >= 4 is 21.7 Å². The lowest BCUT2D eigenvalue weighted by Crippen LogP contribution is -2.27. The topological polar surface area (TPSA) is 99.0 Å². The summed E-state index contributed by atoms with van der Waals surface area (Å²) in [6.45, 7) is 0.338. The summed E-state index contributed by atoms with van der Waals surface area (Å²) in [5.74, 6) is 0.893. The van der Waals surface area contributed by atoms with Gasteiger partial charge in [-0.1, -0.05) is 12.1 Å². The Morgan fingerprint density at radius 2 is 2.09 bits per heavy atom. The highest BCUT2D eigenvalue weighted by atomic mass is 32.2. The van der Waals surface area contributed by atoms with Crippen LogP contribution in [0.5, 0.6) is 0 Å². The largest absolute Gasteiger partial charge is 0.366 e. The van der Waals surface area contributed by atoms with E-state index in [0.717, 1.165) is 10.6 Å². The molecule has 0 fully saturated rings. The molecule has 0 aromatic carbocycles. The fourth-order valence-corrected chi connectivity index (χ4v) is 2.27. The van der Waals surface area contributed by atoms with Gasteiger partial charge in [-0.15, -0.1) is 0 Å². The predicted molar refractivity (Wildman–Crippen MR) is 83.8 cm³/mol. The second-order valence-corrected chi connectivity index (χ2v) is 6.60. The molecule has 0 saturated heterocycles. The lowest BCUT2D eigenvalue weighted by Gasteiger charge is -2.19. The van der Waals surface area contributed by atoms with E-state index in [1.807, 2.05) is 6.07 Å². The third kappa shape index (κ3) is 3.71. The molecule has 0 atom stereocenters. The monoisotopic (exact) mass is 317 g/mol. The zero-order chi connectivity index (χ0) is 16.2. The Hall–Kier alpha value is -2.66. The van der Waals surface area contributed by atoms with Gasteiger partial charge >= 0.3 is 0 Å². The van der Waals surface area contributed by atoms with Gasteiger partial charge < -0.3 is 5.32 Å². The number of aromatic nitrogens is 2. The van der Waals surface area contributed by atoms with E-state index in [1.54, 1.807) is 30.3 Å². The van der Waals surface area contributed by atoms with E-state index >= 15 is 0 Å². The minimum Gasteiger partial charge on any atom is -0.366 e. The summed E-state index contributed by atoms with van der Waals surface area (Å²) in [5, 5.41) is 11.9. The molecule has 0 saturated carbocycles. The summed E-state index contributed by atoms with van der Waals surface area (Å²) < 4.78 is 24.4. The quantitative estimate of drug-likeness (QED) is 0.894. The number of sulfonamides is 1. The van der Waals surface area contributed by atoms with Gasteiger partial charge in [0.15, 0.2) is 0 Å². The zero-order valence-corrected chi connectivity index (χ0v) is 13.0. The van der Waals surface area contributed by atoms with Crippen LogP contribution in [0.3, 0.4) is 0 Å². The molecule has 114 valence electrons. The van der Waals surface area contributed by atoms with Crippen LogP contribution >= 0.6 is 0 Å². The predicted octanol–water partition coefficient (Wildman–Crippen LogP) is 1.36. The number of hydrogen-bond donors (Lipinski definition) is 1.